The molecule has 2 aromatic carbocycles. The molecule has 0 bridgehead atoms. The summed E-state index contributed by atoms with van der Waals surface area (Å²) >= 11 is 12.8. The Morgan fingerprint density at radius 3 is 2.42 bits per heavy atom. The molecule has 33 heavy (non-hydrogen) atoms. The summed E-state index contributed by atoms with van der Waals surface area (Å²) in [5.74, 6) is 0.719. The van der Waals surface area contributed by atoms with Crippen LogP contribution in [0, 0.1) is 25.2 Å². The Labute approximate surface area is 200 Å². The summed E-state index contributed by atoms with van der Waals surface area (Å²) in [7, 11) is 0. The molecule has 5 rings (SSSR count). The summed E-state index contributed by atoms with van der Waals surface area (Å²) in [5.41, 5.74) is 7.23. The van der Waals surface area contributed by atoms with Crippen LogP contribution in [-0.2, 0) is 6.42 Å². The Kier molecular flexibility index (Phi) is 5.37. The highest BCUT2D eigenvalue weighted by Gasteiger charge is 2.23. The van der Waals surface area contributed by atoms with Crippen molar-refractivity contribution in [2.45, 2.75) is 20.3 Å². The summed E-state index contributed by atoms with van der Waals surface area (Å²) < 4.78 is 1.95. The van der Waals surface area contributed by atoms with Gasteiger partial charge in [0, 0.05) is 12.0 Å². The molecule has 3 aromatic heterocycles. The first-order chi connectivity index (χ1) is 16.0. The largest absolute Gasteiger partial charge is 0.336 e. The number of nitriles is 1. The summed E-state index contributed by atoms with van der Waals surface area (Å²) in [6.07, 6.45) is 1.91. The van der Waals surface area contributed by atoms with Gasteiger partial charge in [-0.3, -0.25) is 4.40 Å². The van der Waals surface area contributed by atoms with Crippen molar-refractivity contribution in [3.8, 4) is 6.07 Å². The van der Waals surface area contributed by atoms with Crippen molar-refractivity contribution in [3.05, 3.63) is 93.0 Å². The fraction of sp³-hybridized carbons (Fsp3) is 0.120. The Bertz CT molecular complexity index is 1560. The SMILES string of the molecule is Cc1ccccc1Cc1c(C)c(C#N)c2nc3ccccc3n2c1Nc1c(Cl)ncnc1Cl. The van der Waals surface area contributed by atoms with Gasteiger partial charge < -0.3 is 5.32 Å². The summed E-state index contributed by atoms with van der Waals surface area (Å²) in [6.45, 7) is 4.02. The third-order valence-corrected chi connectivity index (χ3v) is 6.43. The molecule has 162 valence electrons. The minimum Gasteiger partial charge on any atom is -0.336 e. The molecule has 0 saturated carbocycles. The molecule has 0 amide bonds. The van der Waals surface area contributed by atoms with Crippen LogP contribution >= 0.6 is 23.2 Å². The van der Waals surface area contributed by atoms with Gasteiger partial charge in [0.1, 0.15) is 23.9 Å². The number of benzene rings is 2. The molecule has 8 heteroatoms. The molecule has 0 radical (unpaired) electrons. The number of nitrogens with zero attached hydrogens (tertiary/aromatic N) is 5. The summed E-state index contributed by atoms with van der Waals surface area (Å²) in [5, 5.41) is 13.9. The van der Waals surface area contributed by atoms with Crippen molar-refractivity contribution in [3.63, 3.8) is 0 Å². The predicted octanol–water partition coefficient (Wildman–Crippen LogP) is 6.41. The quantitative estimate of drug-likeness (QED) is 0.305. The summed E-state index contributed by atoms with van der Waals surface area (Å²) in [4.78, 5) is 12.9. The molecule has 0 saturated heterocycles. The van der Waals surface area contributed by atoms with Crippen LogP contribution in [0.5, 0.6) is 0 Å². The van der Waals surface area contributed by atoms with Crippen LogP contribution < -0.4 is 5.32 Å². The van der Waals surface area contributed by atoms with E-state index in [2.05, 4.69) is 40.4 Å². The van der Waals surface area contributed by atoms with E-state index in [1.54, 1.807) is 0 Å². The lowest BCUT2D eigenvalue weighted by atomic mass is 9.95. The van der Waals surface area contributed by atoms with Gasteiger partial charge in [-0.05, 0) is 42.7 Å². The minimum absolute atomic E-state index is 0.205. The van der Waals surface area contributed by atoms with Crippen LogP contribution in [0.3, 0.4) is 0 Å². The maximum atomic E-state index is 10.1. The molecule has 5 aromatic rings. The van der Waals surface area contributed by atoms with E-state index < -0.39 is 0 Å². The molecule has 0 spiro atoms. The zero-order chi connectivity index (χ0) is 23.1. The number of pyridine rings is 1. The van der Waals surface area contributed by atoms with Gasteiger partial charge in [0.05, 0.1) is 16.6 Å². The smallest absolute Gasteiger partial charge is 0.157 e. The lowest BCUT2D eigenvalue weighted by Gasteiger charge is -2.20. The molecule has 0 aliphatic rings. The van der Waals surface area contributed by atoms with Gasteiger partial charge in [0.25, 0.3) is 0 Å². The molecule has 1 N–H and O–H groups in total. The Morgan fingerprint density at radius 1 is 1.00 bits per heavy atom. The van der Waals surface area contributed by atoms with Gasteiger partial charge in [-0.15, -0.1) is 0 Å². The molecular formula is C25H18Cl2N6. The van der Waals surface area contributed by atoms with Gasteiger partial charge in [0.2, 0.25) is 0 Å². The van der Waals surface area contributed by atoms with Gasteiger partial charge in [-0.1, -0.05) is 59.6 Å². The number of nitrogens with one attached hydrogen (secondary N) is 1. The molecule has 6 nitrogen and oxygen atoms in total. The van der Waals surface area contributed by atoms with E-state index in [4.69, 9.17) is 28.2 Å². The average Bonchev–Trinajstić information content (AvgIpc) is 3.18. The van der Waals surface area contributed by atoms with Gasteiger partial charge >= 0.3 is 0 Å². The normalized spacial score (nSPS) is 11.1. The highest BCUT2D eigenvalue weighted by Crippen LogP contribution is 2.37. The van der Waals surface area contributed by atoms with Crippen LogP contribution in [-0.4, -0.2) is 19.4 Å². The predicted molar refractivity (Wildman–Crippen MR) is 131 cm³/mol. The number of halogens is 2. The van der Waals surface area contributed by atoms with Crippen molar-refractivity contribution in [2.75, 3.05) is 5.32 Å². The fourth-order valence-electron chi connectivity index (χ4n) is 4.10. The third-order valence-electron chi connectivity index (χ3n) is 5.86. The number of imidazole rings is 1. The van der Waals surface area contributed by atoms with E-state index in [1.165, 1.54) is 6.33 Å². The van der Waals surface area contributed by atoms with Crippen LogP contribution in [0.25, 0.3) is 16.7 Å². The monoisotopic (exact) mass is 472 g/mol. The number of aromatic nitrogens is 4. The molecular weight excluding hydrogens is 455 g/mol. The second-order valence-electron chi connectivity index (χ2n) is 7.76. The van der Waals surface area contributed by atoms with E-state index in [0.29, 0.717) is 23.3 Å². The van der Waals surface area contributed by atoms with E-state index >= 15 is 0 Å². The molecule has 0 aliphatic carbocycles. The fourth-order valence-corrected chi connectivity index (χ4v) is 4.51. The maximum absolute atomic E-state index is 10.1. The topological polar surface area (TPSA) is 78.9 Å². The number of aryl methyl sites for hydroxylation is 1. The standard InChI is InChI=1S/C25H18Cl2N6/c1-14-7-3-4-8-16(14)11-17-15(2)18(12-28)25-31-19-9-5-6-10-20(19)33(25)24(17)32-21-22(26)29-13-30-23(21)27/h3-10,13,32H,11H2,1-2H3. The van der Waals surface area contributed by atoms with Gasteiger partial charge in [0.15, 0.2) is 16.0 Å². The number of fused-ring (bicyclic) bond motifs is 3. The first-order valence-corrected chi connectivity index (χ1v) is 11.1. The van der Waals surface area contributed by atoms with E-state index in [-0.39, 0.29) is 10.3 Å². The Morgan fingerprint density at radius 2 is 1.70 bits per heavy atom. The number of anilines is 2. The highest BCUT2D eigenvalue weighted by molar-refractivity contribution is 6.37. The van der Waals surface area contributed by atoms with Crippen molar-refractivity contribution < 1.29 is 0 Å². The second-order valence-corrected chi connectivity index (χ2v) is 8.47. The molecule has 0 unspecified atom stereocenters. The van der Waals surface area contributed by atoms with E-state index in [1.807, 2.05) is 47.7 Å². The zero-order valence-corrected chi connectivity index (χ0v) is 19.4. The Hall–Kier alpha value is -3.66. The number of para-hydroxylation sites is 2. The van der Waals surface area contributed by atoms with Crippen molar-refractivity contribution >= 4 is 51.4 Å². The van der Waals surface area contributed by atoms with Crippen LogP contribution in [0.4, 0.5) is 11.5 Å². The second kappa shape index (κ2) is 8.36. The first-order valence-electron chi connectivity index (χ1n) is 10.3. The first kappa shape index (κ1) is 21.2. The Balaban J connectivity index is 1.88. The molecule has 3 heterocycles. The van der Waals surface area contributed by atoms with Crippen molar-refractivity contribution in [1.29, 1.82) is 5.26 Å². The van der Waals surface area contributed by atoms with Crippen LogP contribution in [0.2, 0.25) is 10.3 Å². The average molecular weight is 473 g/mol. The highest BCUT2D eigenvalue weighted by atomic mass is 35.5. The summed E-state index contributed by atoms with van der Waals surface area (Å²) in [6, 6.07) is 18.3. The van der Waals surface area contributed by atoms with Gasteiger partial charge in [-0.2, -0.15) is 5.26 Å². The lowest BCUT2D eigenvalue weighted by Crippen LogP contribution is -2.10. The molecule has 0 aliphatic heterocycles. The van der Waals surface area contributed by atoms with Crippen molar-refractivity contribution in [2.24, 2.45) is 0 Å². The van der Waals surface area contributed by atoms with Gasteiger partial charge in [-0.25, -0.2) is 15.0 Å². The van der Waals surface area contributed by atoms with Crippen LogP contribution in [0.15, 0.2) is 54.9 Å². The minimum atomic E-state index is 0.205. The number of hydrogen-bond acceptors (Lipinski definition) is 5. The zero-order valence-electron chi connectivity index (χ0n) is 17.9. The third kappa shape index (κ3) is 3.56. The maximum Gasteiger partial charge on any atom is 0.157 e. The molecule has 0 fully saturated rings. The lowest BCUT2D eigenvalue weighted by molar-refractivity contribution is 1.07. The van der Waals surface area contributed by atoms with E-state index in [9.17, 15) is 5.26 Å². The van der Waals surface area contributed by atoms with Crippen LogP contribution in [0.1, 0.15) is 27.8 Å². The van der Waals surface area contributed by atoms with Crippen molar-refractivity contribution in [1.82, 2.24) is 19.4 Å². The number of hydrogen-bond donors (Lipinski definition) is 1. The molecule has 0 atom stereocenters. The number of rotatable bonds is 4. The van der Waals surface area contributed by atoms with E-state index in [0.717, 1.165) is 39.1 Å².